The molecule has 5 nitrogen and oxygen atoms in total. The van der Waals surface area contributed by atoms with Crippen LogP contribution in [0.25, 0.3) is 0 Å². The highest BCUT2D eigenvalue weighted by Gasteiger charge is 2.49. The van der Waals surface area contributed by atoms with E-state index in [9.17, 15) is 4.79 Å². The van der Waals surface area contributed by atoms with Crippen LogP contribution in [0.3, 0.4) is 0 Å². The van der Waals surface area contributed by atoms with E-state index in [1.807, 2.05) is 20.9 Å². The minimum absolute atomic E-state index is 0.0588. The summed E-state index contributed by atoms with van der Waals surface area (Å²) in [4.78, 5) is 13.7. The Bertz CT molecular complexity index is 253. The molecule has 1 saturated heterocycles. The van der Waals surface area contributed by atoms with Crippen LogP contribution in [-0.2, 0) is 9.53 Å². The van der Waals surface area contributed by atoms with Crippen LogP contribution in [0.2, 0.25) is 0 Å². The van der Waals surface area contributed by atoms with Crippen molar-refractivity contribution in [2.75, 3.05) is 7.05 Å². The Morgan fingerprint density at radius 2 is 2.07 bits per heavy atom. The van der Waals surface area contributed by atoms with Gasteiger partial charge in [0.2, 0.25) is 0 Å². The number of hydrogen-bond acceptors (Lipinski definition) is 4. The molecule has 0 aromatic heterocycles. The summed E-state index contributed by atoms with van der Waals surface area (Å²) in [5.41, 5.74) is 1.74. The van der Waals surface area contributed by atoms with Crippen molar-refractivity contribution in [2.45, 2.75) is 45.6 Å². The Kier molecular flexibility index (Phi) is 3.38. The summed E-state index contributed by atoms with van der Waals surface area (Å²) in [6.45, 7) is 8.05. The van der Waals surface area contributed by atoms with Crippen LogP contribution in [0.15, 0.2) is 0 Å². The first kappa shape index (κ1) is 12.4. The van der Waals surface area contributed by atoms with Crippen LogP contribution in [0.4, 0.5) is 0 Å². The molecule has 0 saturated carbocycles. The van der Waals surface area contributed by atoms with Crippen molar-refractivity contribution in [3.8, 4) is 0 Å². The average Bonchev–Trinajstić information content (AvgIpc) is 2.37. The highest BCUT2D eigenvalue weighted by Crippen LogP contribution is 2.33. The second-order valence-electron chi connectivity index (χ2n) is 4.84. The predicted molar refractivity (Wildman–Crippen MR) is 57.7 cm³/mol. The molecule has 0 bridgehead atoms. The van der Waals surface area contributed by atoms with Crippen molar-refractivity contribution in [1.82, 2.24) is 10.3 Å². The van der Waals surface area contributed by atoms with Gasteiger partial charge in [-0.25, -0.2) is 5.84 Å². The highest BCUT2D eigenvalue weighted by molar-refractivity contribution is 5.81. The van der Waals surface area contributed by atoms with Crippen LogP contribution in [0.5, 0.6) is 0 Å². The van der Waals surface area contributed by atoms with Crippen molar-refractivity contribution in [3.05, 3.63) is 0 Å². The second kappa shape index (κ2) is 4.08. The summed E-state index contributed by atoms with van der Waals surface area (Å²) in [5, 5.41) is 0. The van der Waals surface area contributed by atoms with Crippen LogP contribution in [0.1, 0.15) is 27.7 Å². The molecule has 0 aromatic carbocycles. The summed E-state index contributed by atoms with van der Waals surface area (Å²) in [6, 6.07) is 0.0588. The van der Waals surface area contributed by atoms with Crippen LogP contribution in [-0.4, -0.2) is 35.7 Å². The van der Waals surface area contributed by atoms with E-state index in [1.165, 1.54) is 0 Å². The number of carbonyl (C=O) groups is 1. The SMILES string of the molecule is CC(C)C1C(C(=O)NN)OC(C)(C)N1C. The number of amides is 1. The first-order valence-corrected chi connectivity index (χ1v) is 5.22. The van der Waals surface area contributed by atoms with Crippen molar-refractivity contribution in [1.29, 1.82) is 0 Å². The molecule has 0 aliphatic carbocycles. The van der Waals surface area contributed by atoms with Gasteiger partial charge >= 0.3 is 0 Å². The van der Waals surface area contributed by atoms with Crippen molar-refractivity contribution in [3.63, 3.8) is 0 Å². The third-order valence-electron chi connectivity index (χ3n) is 3.11. The summed E-state index contributed by atoms with van der Waals surface area (Å²) < 4.78 is 5.72. The lowest BCUT2D eigenvalue weighted by atomic mass is 9.97. The van der Waals surface area contributed by atoms with E-state index in [0.717, 1.165) is 0 Å². The normalized spacial score (nSPS) is 30.9. The summed E-state index contributed by atoms with van der Waals surface area (Å²) in [7, 11) is 1.97. The van der Waals surface area contributed by atoms with Gasteiger partial charge in [0, 0.05) is 6.04 Å². The molecule has 1 heterocycles. The number of nitrogens with two attached hydrogens (primary N) is 1. The smallest absolute Gasteiger partial charge is 0.264 e. The van der Waals surface area contributed by atoms with E-state index in [1.54, 1.807) is 0 Å². The zero-order valence-electron chi connectivity index (χ0n) is 10.1. The van der Waals surface area contributed by atoms with Gasteiger partial charge in [-0.3, -0.25) is 15.1 Å². The maximum absolute atomic E-state index is 11.6. The van der Waals surface area contributed by atoms with Gasteiger partial charge in [0.1, 0.15) is 5.72 Å². The number of carbonyl (C=O) groups excluding carboxylic acids is 1. The number of hydrogen-bond donors (Lipinski definition) is 2. The van der Waals surface area contributed by atoms with Crippen molar-refractivity contribution < 1.29 is 9.53 Å². The van der Waals surface area contributed by atoms with Crippen LogP contribution in [0, 0.1) is 5.92 Å². The molecule has 0 aromatic rings. The molecule has 2 unspecified atom stereocenters. The molecule has 88 valence electrons. The van der Waals surface area contributed by atoms with Gasteiger partial charge in [-0.15, -0.1) is 0 Å². The topological polar surface area (TPSA) is 67.6 Å². The zero-order valence-corrected chi connectivity index (χ0v) is 10.1. The van der Waals surface area contributed by atoms with Gasteiger partial charge in [-0.2, -0.15) is 0 Å². The lowest BCUT2D eigenvalue weighted by Gasteiger charge is -2.31. The second-order valence-corrected chi connectivity index (χ2v) is 4.84. The molecule has 1 aliphatic heterocycles. The third kappa shape index (κ3) is 2.14. The molecule has 1 amide bonds. The van der Waals surface area contributed by atoms with Gasteiger partial charge in [0.05, 0.1) is 0 Å². The molecule has 0 radical (unpaired) electrons. The standard InChI is InChI=1S/C10H21N3O2/c1-6(2)7-8(9(14)12-11)15-10(3,4)13(7)5/h6-8H,11H2,1-5H3,(H,12,14). The number of likely N-dealkylation sites (N-methyl/N-ethyl adjacent to an activating group) is 1. The molecule has 1 rings (SSSR count). The molecule has 15 heavy (non-hydrogen) atoms. The Balaban J connectivity index is 2.93. The minimum atomic E-state index is -0.491. The highest BCUT2D eigenvalue weighted by atomic mass is 16.5. The van der Waals surface area contributed by atoms with Gasteiger partial charge < -0.3 is 4.74 Å². The quantitative estimate of drug-likeness (QED) is 0.388. The number of nitrogens with zero attached hydrogens (tertiary/aromatic N) is 1. The van der Waals surface area contributed by atoms with E-state index >= 15 is 0 Å². The summed E-state index contributed by atoms with van der Waals surface area (Å²) in [5.74, 6) is 5.22. The lowest BCUT2D eigenvalue weighted by Crippen LogP contribution is -2.48. The fraction of sp³-hybridized carbons (Fsp3) is 0.900. The van der Waals surface area contributed by atoms with E-state index < -0.39 is 11.8 Å². The first-order chi connectivity index (χ1) is 6.81. The summed E-state index contributed by atoms with van der Waals surface area (Å²) in [6.07, 6.45) is -0.491. The van der Waals surface area contributed by atoms with Crippen LogP contribution >= 0.6 is 0 Å². The maximum atomic E-state index is 11.6. The Morgan fingerprint density at radius 1 is 1.53 bits per heavy atom. The number of ether oxygens (including phenoxy) is 1. The van der Waals surface area contributed by atoms with Gasteiger partial charge in [-0.1, -0.05) is 13.8 Å². The van der Waals surface area contributed by atoms with Crippen molar-refractivity contribution in [2.24, 2.45) is 11.8 Å². The average molecular weight is 215 g/mol. The monoisotopic (exact) mass is 215 g/mol. The zero-order chi connectivity index (χ0) is 11.8. The number of rotatable bonds is 2. The first-order valence-electron chi connectivity index (χ1n) is 5.22. The maximum Gasteiger partial charge on any atom is 0.264 e. The lowest BCUT2D eigenvalue weighted by molar-refractivity contribution is -0.138. The fourth-order valence-corrected chi connectivity index (χ4v) is 2.11. The van der Waals surface area contributed by atoms with Crippen LogP contribution < -0.4 is 11.3 Å². The van der Waals surface area contributed by atoms with Gasteiger partial charge in [0.15, 0.2) is 6.10 Å². The molecular formula is C10H21N3O2. The fourth-order valence-electron chi connectivity index (χ4n) is 2.11. The molecule has 3 N–H and O–H groups in total. The van der Waals surface area contributed by atoms with E-state index in [-0.39, 0.29) is 11.9 Å². The third-order valence-corrected chi connectivity index (χ3v) is 3.11. The molecule has 5 heteroatoms. The molecular weight excluding hydrogens is 194 g/mol. The molecule has 2 atom stereocenters. The van der Waals surface area contributed by atoms with E-state index in [2.05, 4.69) is 24.2 Å². The Hall–Kier alpha value is -0.650. The molecule has 0 spiro atoms. The van der Waals surface area contributed by atoms with Gasteiger partial charge in [0.25, 0.3) is 5.91 Å². The Morgan fingerprint density at radius 3 is 2.47 bits per heavy atom. The number of hydrazine groups is 1. The number of nitrogens with one attached hydrogen (secondary N) is 1. The van der Waals surface area contributed by atoms with Crippen molar-refractivity contribution >= 4 is 5.91 Å². The molecule has 1 aliphatic rings. The summed E-state index contributed by atoms with van der Waals surface area (Å²) >= 11 is 0. The Labute approximate surface area is 90.9 Å². The predicted octanol–water partition coefficient (Wildman–Crippen LogP) is 0.0676. The molecule has 1 fully saturated rings. The van der Waals surface area contributed by atoms with Gasteiger partial charge in [-0.05, 0) is 26.8 Å². The van der Waals surface area contributed by atoms with E-state index in [4.69, 9.17) is 10.6 Å². The largest absolute Gasteiger partial charge is 0.346 e. The minimum Gasteiger partial charge on any atom is -0.346 e. The van der Waals surface area contributed by atoms with E-state index in [0.29, 0.717) is 5.92 Å².